The van der Waals surface area contributed by atoms with E-state index in [4.69, 9.17) is 5.73 Å². The van der Waals surface area contributed by atoms with E-state index in [2.05, 4.69) is 48.3 Å². The van der Waals surface area contributed by atoms with Gasteiger partial charge in [0.15, 0.2) is 0 Å². The lowest BCUT2D eigenvalue weighted by atomic mass is 9.99. The predicted molar refractivity (Wildman–Crippen MR) is 73.6 cm³/mol. The molecule has 1 heterocycles. The summed E-state index contributed by atoms with van der Waals surface area (Å²) in [5.41, 5.74) is 8.56. The highest BCUT2D eigenvalue weighted by molar-refractivity contribution is 5.55. The smallest absolute Gasteiger partial charge is 0.0402 e. The average Bonchev–Trinajstić information content (AvgIpc) is 2.39. The molecular weight excluding hydrogens is 210 g/mol. The van der Waals surface area contributed by atoms with Crippen molar-refractivity contribution in [2.45, 2.75) is 25.8 Å². The number of nitrogens with two attached hydrogens (primary N) is 1. The van der Waals surface area contributed by atoms with Crippen LogP contribution in [0.5, 0.6) is 0 Å². The third-order valence-corrected chi connectivity index (χ3v) is 3.44. The monoisotopic (exact) mass is 233 g/mol. The van der Waals surface area contributed by atoms with E-state index in [1.165, 1.54) is 11.3 Å². The van der Waals surface area contributed by atoms with Crippen molar-refractivity contribution in [3.8, 4) is 0 Å². The highest BCUT2D eigenvalue weighted by Gasteiger charge is 2.20. The van der Waals surface area contributed by atoms with Gasteiger partial charge in [-0.25, -0.2) is 0 Å². The van der Waals surface area contributed by atoms with Crippen LogP contribution in [0.4, 0.5) is 5.69 Å². The summed E-state index contributed by atoms with van der Waals surface area (Å²) in [6.45, 7) is 8.32. The van der Waals surface area contributed by atoms with Crippen molar-refractivity contribution in [1.82, 2.24) is 5.32 Å². The van der Waals surface area contributed by atoms with Crippen molar-refractivity contribution in [3.63, 3.8) is 0 Å². The number of nitrogens with one attached hydrogen (secondary N) is 1. The Labute approximate surface area is 104 Å². The molecule has 0 radical (unpaired) electrons. The van der Waals surface area contributed by atoms with E-state index in [0.29, 0.717) is 18.5 Å². The number of anilines is 1. The standard InChI is InChI=1S/C14H23N3/c1-11(2)13-5-3-4-6-14(13)17-8-7-16-12(9-15)10-17/h3-6,11-12,16H,7-10,15H2,1-2H3. The summed E-state index contributed by atoms with van der Waals surface area (Å²) < 4.78 is 0. The number of hydrogen-bond donors (Lipinski definition) is 2. The quantitative estimate of drug-likeness (QED) is 0.832. The van der Waals surface area contributed by atoms with Crippen LogP contribution in [-0.4, -0.2) is 32.2 Å². The maximum atomic E-state index is 5.75. The van der Waals surface area contributed by atoms with Gasteiger partial charge in [-0.3, -0.25) is 0 Å². The molecule has 0 saturated carbocycles. The lowest BCUT2D eigenvalue weighted by molar-refractivity contribution is 0.462. The van der Waals surface area contributed by atoms with Gasteiger partial charge < -0.3 is 16.0 Å². The fourth-order valence-corrected chi connectivity index (χ4v) is 2.47. The van der Waals surface area contributed by atoms with E-state index in [0.717, 1.165) is 19.6 Å². The minimum Gasteiger partial charge on any atom is -0.368 e. The maximum Gasteiger partial charge on any atom is 0.0402 e. The van der Waals surface area contributed by atoms with Crippen LogP contribution in [0.3, 0.4) is 0 Å². The van der Waals surface area contributed by atoms with E-state index in [-0.39, 0.29) is 0 Å². The number of rotatable bonds is 3. The van der Waals surface area contributed by atoms with Gasteiger partial charge in [-0.1, -0.05) is 32.0 Å². The molecule has 1 saturated heterocycles. The molecule has 1 aromatic carbocycles. The van der Waals surface area contributed by atoms with Gasteiger partial charge in [0.25, 0.3) is 0 Å². The third kappa shape index (κ3) is 2.79. The number of benzene rings is 1. The predicted octanol–water partition coefficient (Wildman–Crippen LogP) is 1.55. The first kappa shape index (κ1) is 12.4. The van der Waals surface area contributed by atoms with Crippen molar-refractivity contribution >= 4 is 5.69 Å². The normalized spacial score (nSPS) is 20.9. The van der Waals surface area contributed by atoms with Gasteiger partial charge in [-0.15, -0.1) is 0 Å². The fraction of sp³-hybridized carbons (Fsp3) is 0.571. The van der Waals surface area contributed by atoms with Crippen molar-refractivity contribution in [2.24, 2.45) is 5.73 Å². The second kappa shape index (κ2) is 5.52. The first-order chi connectivity index (χ1) is 8.22. The SMILES string of the molecule is CC(C)c1ccccc1N1CCNC(CN)C1. The Morgan fingerprint density at radius 1 is 1.41 bits per heavy atom. The summed E-state index contributed by atoms with van der Waals surface area (Å²) in [6, 6.07) is 9.14. The van der Waals surface area contributed by atoms with Crippen LogP contribution < -0.4 is 16.0 Å². The zero-order chi connectivity index (χ0) is 12.3. The van der Waals surface area contributed by atoms with Gasteiger partial charge in [-0.2, -0.15) is 0 Å². The van der Waals surface area contributed by atoms with Gasteiger partial charge >= 0.3 is 0 Å². The molecule has 1 fully saturated rings. The van der Waals surface area contributed by atoms with Gasteiger partial charge in [0.1, 0.15) is 0 Å². The van der Waals surface area contributed by atoms with Crippen LogP contribution in [0.15, 0.2) is 24.3 Å². The molecule has 0 bridgehead atoms. The second-order valence-corrected chi connectivity index (χ2v) is 5.05. The summed E-state index contributed by atoms with van der Waals surface area (Å²) in [5, 5.41) is 3.45. The highest BCUT2D eigenvalue weighted by atomic mass is 15.2. The van der Waals surface area contributed by atoms with Crippen LogP contribution in [0.1, 0.15) is 25.3 Å². The average molecular weight is 233 g/mol. The number of para-hydroxylation sites is 1. The Morgan fingerprint density at radius 3 is 2.88 bits per heavy atom. The molecule has 94 valence electrons. The van der Waals surface area contributed by atoms with Gasteiger partial charge in [0, 0.05) is 37.9 Å². The zero-order valence-corrected chi connectivity index (χ0v) is 10.8. The Balaban J connectivity index is 2.21. The van der Waals surface area contributed by atoms with E-state index in [1.54, 1.807) is 0 Å². The summed E-state index contributed by atoms with van der Waals surface area (Å²) in [4.78, 5) is 2.46. The molecule has 1 atom stereocenters. The fourth-order valence-electron chi connectivity index (χ4n) is 2.47. The molecule has 1 aromatic rings. The van der Waals surface area contributed by atoms with Crippen molar-refractivity contribution in [2.75, 3.05) is 31.1 Å². The summed E-state index contributed by atoms with van der Waals surface area (Å²) >= 11 is 0. The van der Waals surface area contributed by atoms with E-state index in [1.807, 2.05) is 0 Å². The molecule has 0 aliphatic carbocycles. The van der Waals surface area contributed by atoms with Crippen LogP contribution in [0, 0.1) is 0 Å². The van der Waals surface area contributed by atoms with Crippen LogP contribution in [-0.2, 0) is 0 Å². The lowest BCUT2D eigenvalue weighted by Crippen LogP contribution is -2.54. The molecule has 1 unspecified atom stereocenters. The number of hydrogen-bond acceptors (Lipinski definition) is 3. The molecular formula is C14H23N3. The van der Waals surface area contributed by atoms with E-state index >= 15 is 0 Å². The molecule has 0 aromatic heterocycles. The van der Waals surface area contributed by atoms with Gasteiger partial charge in [0.05, 0.1) is 0 Å². The molecule has 0 spiro atoms. The molecule has 17 heavy (non-hydrogen) atoms. The van der Waals surface area contributed by atoms with Gasteiger partial charge in [-0.05, 0) is 17.5 Å². The summed E-state index contributed by atoms with van der Waals surface area (Å²) in [7, 11) is 0. The summed E-state index contributed by atoms with van der Waals surface area (Å²) in [5.74, 6) is 0.567. The lowest BCUT2D eigenvalue weighted by Gasteiger charge is -2.36. The van der Waals surface area contributed by atoms with Crippen LogP contribution in [0.2, 0.25) is 0 Å². The summed E-state index contributed by atoms with van der Waals surface area (Å²) in [6.07, 6.45) is 0. The minimum absolute atomic E-state index is 0.420. The Bertz CT molecular complexity index is 362. The molecule has 3 N–H and O–H groups in total. The van der Waals surface area contributed by atoms with Crippen LogP contribution in [0.25, 0.3) is 0 Å². The van der Waals surface area contributed by atoms with Crippen molar-refractivity contribution in [3.05, 3.63) is 29.8 Å². The largest absolute Gasteiger partial charge is 0.368 e. The Hall–Kier alpha value is -1.06. The minimum atomic E-state index is 0.420. The molecule has 1 aliphatic heterocycles. The topological polar surface area (TPSA) is 41.3 Å². The third-order valence-electron chi connectivity index (χ3n) is 3.44. The van der Waals surface area contributed by atoms with Gasteiger partial charge in [0.2, 0.25) is 0 Å². The number of piperazine rings is 1. The zero-order valence-electron chi connectivity index (χ0n) is 10.8. The molecule has 2 rings (SSSR count). The van der Waals surface area contributed by atoms with Crippen LogP contribution >= 0.6 is 0 Å². The van der Waals surface area contributed by atoms with Crippen molar-refractivity contribution in [1.29, 1.82) is 0 Å². The Morgan fingerprint density at radius 2 is 2.18 bits per heavy atom. The van der Waals surface area contributed by atoms with E-state index < -0.39 is 0 Å². The number of nitrogens with zero attached hydrogens (tertiary/aromatic N) is 1. The molecule has 0 amide bonds. The second-order valence-electron chi connectivity index (χ2n) is 5.05. The molecule has 1 aliphatic rings. The molecule has 3 heteroatoms. The van der Waals surface area contributed by atoms with E-state index in [9.17, 15) is 0 Å². The first-order valence-corrected chi connectivity index (χ1v) is 6.49. The highest BCUT2D eigenvalue weighted by Crippen LogP contribution is 2.27. The Kier molecular flexibility index (Phi) is 4.02. The van der Waals surface area contributed by atoms with Crippen molar-refractivity contribution < 1.29 is 0 Å². The maximum absolute atomic E-state index is 5.75. The molecule has 3 nitrogen and oxygen atoms in total. The first-order valence-electron chi connectivity index (χ1n) is 6.49.